The number of carboxylic acid groups (broad SMARTS) is 1. The van der Waals surface area contributed by atoms with E-state index in [-0.39, 0.29) is 6.61 Å². The Morgan fingerprint density at radius 2 is 2.14 bits per heavy atom. The fourth-order valence-corrected chi connectivity index (χ4v) is 4.01. The second kappa shape index (κ2) is 9.34. The van der Waals surface area contributed by atoms with E-state index in [0.717, 1.165) is 16.3 Å². The zero-order valence-electron chi connectivity index (χ0n) is 16.5. The molecule has 1 aromatic heterocycles. The highest BCUT2D eigenvalue weighted by molar-refractivity contribution is 7.10. The zero-order valence-corrected chi connectivity index (χ0v) is 17.3. The Morgan fingerprint density at radius 3 is 2.79 bits per heavy atom. The molecule has 28 heavy (non-hydrogen) atoms. The predicted octanol–water partition coefficient (Wildman–Crippen LogP) is 5.82. The summed E-state index contributed by atoms with van der Waals surface area (Å²) in [6.07, 6.45) is 8.98. The van der Waals surface area contributed by atoms with Crippen LogP contribution in [0.25, 0.3) is 12.2 Å². The average Bonchev–Trinajstić information content (AvgIpc) is 3.11. The van der Waals surface area contributed by atoms with Crippen molar-refractivity contribution in [3.63, 3.8) is 0 Å². The molecular weight excluding hydrogens is 372 g/mol. The normalized spacial score (nSPS) is 14.9. The molecule has 0 saturated heterocycles. The summed E-state index contributed by atoms with van der Waals surface area (Å²) in [6, 6.07) is 7.83. The fourth-order valence-electron chi connectivity index (χ4n) is 3.22. The van der Waals surface area contributed by atoms with Crippen molar-refractivity contribution < 1.29 is 14.7 Å². The lowest BCUT2D eigenvalue weighted by atomic mass is 9.83. The predicted molar refractivity (Wildman–Crippen MR) is 114 cm³/mol. The zero-order chi connectivity index (χ0) is 20.0. The van der Waals surface area contributed by atoms with E-state index in [9.17, 15) is 9.90 Å². The van der Waals surface area contributed by atoms with Crippen molar-refractivity contribution in [1.29, 1.82) is 0 Å². The van der Waals surface area contributed by atoms with Crippen molar-refractivity contribution in [2.75, 3.05) is 12.1 Å². The molecule has 1 heterocycles. The monoisotopic (exact) mass is 400 g/mol. The van der Waals surface area contributed by atoms with Crippen molar-refractivity contribution in [2.45, 2.75) is 51.9 Å². The average molecular weight is 401 g/mol. The Bertz CT molecular complexity index is 823. The van der Waals surface area contributed by atoms with E-state index in [1.54, 1.807) is 11.3 Å². The standard InChI is InChI=1S/C22H28N2O3S/c1-3-22(4-2,21(25)26)15-27-24-18-10-5-7-16(13-18)11-12-20-23-19(14-28-20)17-8-6-9-17/h5,7,10-14,17,24H,3-4,6,8-9,15H2,1-2H3,(H,25,26). The van der Waals surface area contributed by atoms with Crippen LogP contribution in [0.15, 0.2) is 29.6 Å². The summed E-state index contributed by atoms with van der Waals surface area (Å²) >= 11 is 1.68. The highest BCUT2D eigenvalue weighted by atomic mass is 32.1. The van der Waals surface area contributed by atoms with Crippen molar-refractivity contribution in [2.24, 2.45) is 5.41 Å². The van der Waals surface area contributed by atoms with Crippen LogP contribution in [-0.4, -0.2) is 22.7 Å². The van der Waals surface area contributed by atoms with E-state index >= 15 is 0 Å². The number of hydrogen-bond acceptors (Lipinski definition) is 5. The van der Waals surface area contributed by atoms with E-state index in [2.05, 4.69) is 10.9 Å². The lowest BCUT2D eigenvalue weighted by molar-refractivity contribution is -0.152. The van der Waals surface area contributed by atoms with Gasteiger partial charge in [-0.3, -0.25) is 15.1 Å². The molecule has 0 spiro atoms. The number of benzene rings is 1. The van der Waals surface area contributed by atoms with Crippen molar-refractivity contribution >= 4 is 35.1 Å². The van der Waals surface area contributed by atoms with Gasteiger partial charge in [-0.05, 0) is 49.5 Å². The number of hydrogen-bond donors (Lipinski definition) is 2. The van der Waals surface area contributed by atoms with Crippen LogP contribution in [0.3, 0.4) is 0 Å². The molecule has 150 valence electrons. The van der Waals surface area contributed by atoms with Gasteiger partial charge in [0.2, 0.25) is 0 Å². The van der Waals surface area contributed by atoms with Crippen LogP contribution in [0.2, 0.25) is 0 Å². The molecule has 2 N–H and O–H groups in total. The van der Waals surface area contributed by atoms with Crippen LogP contribution < -0.4 is 5.48 Å². The number of rotatable bonds is 10. The van der Waals surface area contributed by atoms with Gasteiger partial charge in [-0.15, -0.1) is 11.3 Å². The summed E-state index contributed by atoms with van der Waals surface area (Å²) in [5, 5.41) is 12.7. The van der Waals surface area contributed by atoms with Crippen LogP contribution in [-0.2, 0) is 9.63 Å². The Labute approximate surface area is 170 Å². The number of thiazole rings is 1. The van der Waals surface area contributed by atoms with E-state index < -0.39 is 11.4 Å². The second-order valence-electron chi connectivity index (χ2n) is 7.38. The summed E-state index contributed by atoms with van der Waals surface area (Å²) in [5.74, 6) is -0.159. The molecule has 0 bridgehead atoms. The van der Waals surface area contributed by atoms with Gasteiger partial charge in [0, 0.05) is 11.3 Å². The molecule has 0 aliphatic heterocycles. The van der Waals surface area contributed by atoms with Gasteiger partial charge in [0.1, 0.15) is 5.01 Å². The van der Waals surface area contributed by atoms with E-state index in [1.807, 2.05) is 50.3 Å². The van der Waals surface area contributed by atoms with Gasteiger partial charge in [-0.1, -0.05) is 38.5 Å². The molecule has 0 amide bonds. The van der Waals surface area contributed by atoms with Gasteiger partial charge in [0.05, 0.1) is 23.4 Å². The van der Waals surface area contributed by atoms with Crippen LogP contribution in [0.5, 0.6) is 0 Å². The molecule has 1 aromatic carbocycles. The molecule has 1 aliphatic rings. The molecular formula is C22H28N2O3S. The lowest BCUT2D eigenvalue weighted by Crippen LogP contribution is -2.35. The van der Waals surface area contributed by atoms with E-state index in [0.29, 0.717) is 18.8 Å². The van der Waals surface area contributed by atoms with Gasteiger partial charge < -0.3 is 5.11 Å². The second-order valence-corrected chi connectivity index (χ2v) is 8.27. The van der Waals surface area contributed by atoms with Crippen molar-refractivity contribution in [3.05, 3.63) is 45.9 Å². The molecule has 1 saturated carbocycles. The molecule has 0 atom stereocenters. The number of nitrogens with zero attached hydrogens (tertiary/aromatic N) is 1. The van der Waals surface area contributed by atoms with Crippen LogP contribution in [0, 0.1) is 5.41 Å². The first-order chi connectivity index (χ1) is 13.6. The van der Waals surface area contributed by atoms with Gasteiger partial charge in [-0.2, -0.15) is 0 Å². The maximum atomic E-state index is 11.5. The molecule has 3 rings (SSSR count). The highest BCUT2D eigenvalue weighted by Crippen LogP contribution is 2.36. The van der Waals surface area contributed by atoms with Gasteiger partial charge in [0.15, 0.2) is 0 Å². The fraction of sp³-hybridized carbons (Fsp3) is 0.455. The molecule has 0 unspecified atom stereocenters. The summed E-state index contributed by atoms with van der Waals surface area (Å²) in [4.78, 5) is 21.8. The number of carboxylic acids is 1. The first-order valence-electron chi connectivity index (χ1n) is 9.91. The third-order valence-corrected chi connectivity index (χ3v) is 6.54. The Balaban J connectivity index is 1.57. The summed E-state index contributed by atoms with van der Waals surface area (Å²) in [7, 11) is 0. The summed E-state index contributed by atoms with van der Waals surface area (Å²) < 4.78 is 0. The topological polar surface area (TPSA) is 71.5 Å². The van der Waals surface area contributed by atoms with Crippen molar-refractivity contribution in [3.8, 4) is 0 Å². The quantitative estimate of drug-likeness (QED) is 0.492. The largest absolute Gasteiger partial charge is 0.481 e. The van der Waals surface area contributed by atoms with Gasteiger partial charge >= 0.3 is 5.97 Å². The van der Waals surface area contributed by atoms with Gasteiger partial charge in [-0.25, -0.2) is 4.98 Å². The Morgan fingerprint density at radius 1 is 1.36 bits per heavy atom. The first kappa shape index (κ1) is 20.6. The minimum atomic E-state index is -0.854. The minimum Gasteiger partial charge on any atom is -0.481 e. The number of nitrogens with one attached hydrogen (secondary N) is 1. The van der Waals surface area contributed by atoms with E-state index in [4.69, 9.17) is 9.82 Å². The van der Waals surface area contributed by atoms with Crippen LogP contribution >= 0.6 is 11.3 Å². The minimum absolute atomic E-state index is 0.123. The Hall–Kier alpha value is -2.18. The third kappa shape index (κ3) is 4.80. The van der Waals surface area contributed by atoms with Crippen molar-refractivity contribution in [1.82, 2.24) is 4.98 Å². The smallest absolute Gasteiger partial charge is 0.312 e. The molecule has 1 fully saturated rings. The number of aliphatic carboxylic acids is 1. The maximum Gasteiger partial charge on any atom is 0.312 e. The third-order valence-electron chi connectivity index (χ3n) is 5.71. The van der Waals surface area contributed by atoms with E-state index in [1.165, 1.54) is 25.0 Å². The number of aromatic nitrogens is 1. The van der Waals surface area contributed by atoms with Crippen LogP contribution in [0.4, 0.5) is 5.69 Å². The number of anilines is 1. The molecule has 0 radical (unpaired) electrons. The SMILES string of the molecule is CCC(CC)(CONc1cccc(C=Cc2nc(C3CCC3)cs2)c1)C(=O)O. The molecule has 1 aliphatic carbocycles. The van der Waals surface area contributed by atoms with Gasteiger partial charge in [0.25, 0.3) is 0 Å². The summed E-state index contributed by atoms with van der Waals surface area (Å²) in [5.41, 5.74) is 5.09. The molecule has 2 aromatic rings. The van der Waals surface area contributed by atoms with Crippen LogP contribution in [0.1, 0.15) is 68.1 Å². The Kier molecular flexibility index (Phi) is 6.86. The number of carbonyl (C=O) groups is 1. The highest BCUT2D eigenvalue weighted by Gasteiger charge is 2.35. The molecule has 5 nitrogen and oxygen atoms in total. The maximum absolute atomic E-state index is 11.5. The lowest BCUT2D eigenvalue weighted by Gasteiger charge is -2.26. The molecule has 6 heteroatoms. The first-order valence-corrected chi connectivity index (χ1v) is 10.8. The summed E-state index contributed by atoms with van der Waals surface area (Å²) in [6.45, 7) is 3.88.